The van der Waals surface area contributed by atoms with E-state index in [4.69, 9.17) is 4.74 Å². The fourth-order valence-corrected chi connectivity index (χ4v) is 3.43. The molecule has 2 aromatic rings. The number of ether oxygens (including phenoxy) is 1. The first kappa shape index (κ1) is 21.7. The third-order valence-corrected chi connectivity index (χ3v) is 5.22. The molecule has 0 aromatic heterocycles. The number of benzene rings is 2. The summed E-state index contributed by atoms with van der Waals surface area (Å²) in [6.45, 7) is 3.71. The van der Waals surface area contributed by atoms with Crippen molar-refractivity contribution in [3.63, 3.8) is 0 Å². The van der Waals surface area contributed by atoms with Crippen molar-refractivity contribution in [3.8, 4) is 5.75 Å². The van der Waals surface area contributed by atoms with E-state index >= 15 is 0 Å². The minimum absolute atomic E-state index is 0.145. The number of rotatable bonds is 6. The number of piperazine rings is 1. The van der Waals surface area contributed by atoms with Crippen molar-refractivity contribution < 1.29 is 18.7 Å². The number of amides is 2. The molecule has 2 aromatic carbocycles. The van der Waals surface area contributed by atoms with Crippen LogP contribution in [0.15, 0.2) is 48.5 Å². The van der Waals surface area contributed by atoms with Crippen molar-refractivity contribution >= 4 is 17.5 Å². The first-order valence-corrected chi connectivity index (χ1v) is 9.87. The molecule has 0 aliphatic carbocycles. The number of hydrogen-bond acceptors (Lipinski definition) is 5. The lowest BCUT2D eigenvalue weighted by Crippen LogP contribution is -2.49. The van der Waals surface area contributed by atoms with Crippen LogP contribution >= 0.6 is 0 Å². The third-order valence-electron chi connectivity index (χ3n) is 5.22. The number of halogens is 1. The highest BCUT2D eigenvalue weighted by Crippen LogP contribution is 2.22. The highest BCUT2D eigenvalue weighted by atomic mass is 19.1. The summed E-state index contributed by atoms with van der Waals surface area (Å²) in [5.74, 6) is -1.20. The van der Waals surface area contributed by atoms with Gasteiger partial charge in [-0.15, -0.1) is 0 Å². The van der Waals surface area contributed by atoms with Gasteiger partial charge in [0.1, 0.15) is 11.6 Å². The van der Waals surface area contributed by atoms with Crippen molar-refractivity contribution in [2.24, 2.45) is 0 Å². The first-order chi connectivity index (χ1) is 14.5. The van der Waals surface area contributed by atoms with Gasteiger partial charge in [-0.25, -0.2) is 4.39 Å². The van der Waals surface area contributed by atoms with Gasteiger partial charge in [-0.2, -0.15) is 0 Å². The second-order valence-electron chi connectivity index (χ2n) is 7.30. The summed E-state index contributed by atoms with van der Waals surface area (Å²) in [6.07, 6.45) is 0. The van der Waals surface area contributed by atoms with Gasteiger partial charge in [0.15, 0.2) is 0 Å². The Morgan fingerprint density at radius 3 is 2.43 bits per heavy atom. The largest absolute Gasteiger partial charge is 0.497 e. The van der Waals surface area contributed by atoms with Gasteiger partial charge in [0, 0.05) is 44.5 Å². The monoisotopic (exact) mass is 414 g/mol. The molecule has 1 fully saturated rings. The molecule has 0 saturated carbocycles. The fourth-order valence-electron chi connectivity index (χ4n) is 3.43. The summed E-state index contributed by atoms with van der Waals surface area (Å²) in [6, 6.07) is 12.9. The molecule has 1 atom stereocenters. The summed E-state index contributed by atoms with van der Waals surface area (Å²) in [5.41, 5.74) is 1.37. The highest BCUT2D eigenvalue weighted by Gasteiger charge is 2.25. The predicted octanol–water partition coefficient (Wildman–Crippen LogP) is 1.88. The molecule has 0 unspecified atom stereocenters. The van der Waals surface area contributed by atoms with Gasteiger partial charge in [0.25, 0.3) is 0 Å². The number of carbonyl (C=O) groups is 2. The number of methoxy groups -OCH3 is 1. The Balaban J connectivity index is 1.64. The van der Waals surface area contributed by atoms with E-state index in [-0.39, 0.29) is 18.4 Å². The van der Waals surface area contributed by atoms with Crippen LogP contribution in [0.5, 0.6) is 5.75 Å². The van der Waals surface area contributed by atoms with Gasteiger partial charge in [-0.3, -0.25) is 14.5 Å². The summed E-state index contributed by atoms with van der Waals surface area (Å²) in [7, 11) is 3.59. The molecule has 1 heterocycles. The lowest BCUT2D eigenvalue weighted by molar-refractivity contribution is -0.136. The van der Waals surface area contributed by atoms with E-state index in [0.29, 0.717) is 11.4 Å². The van der Waals surface area contributed by atoms with E-state index in [2.05, 4.69) is 27.5 Å². The van der Waals surface area contributed by atoms with Gasteiger partial charge >= 0.3 is 11.8 Å². The predicted molar refractivity (Wildman–Crippen MR) is 113 cm³/mol. The molecule has 1 aliphatic rings. The van der Waals surface area contributed by atoms with Crippen molar-refractivity contribution in [3.05, 3.63) is 59.9 Å². The molecular formula is C22H27FN4O3. The van der Waals surface area contributed by atoms with Crippen molar-refractivity contribution in [2.45, 2.75) is 6.04 Å². The zero-order chi connectivity index (χ0) is 21.5. The van der Waals surface area contributed by atoms with Crippen LogP contribution in [0.25, 0.3) is 0 Å². The summed E-state index contributed by atoms with van der Waals surface area (Å²) in [5, 5.41) is 5.29. The normalized spacial score (nSPS) is 16.0. The molecule has 0 spiro atoms. The average molecular weight is 414 g/mol. The van der Waals surface area contributed by atoms with Crippen LogP contribution in [-0.2, 0) is 9.59 Å². The highest BCUT2D eigenvalue weighted by molar-refractivity contribution is 6.39. The maximum Gasteiger partial charge on any atom is 0.313 e. The molecule has 7 nitrogen and oxygen atoms in total. The summed E-state index contributed by atoms with van der Waals surface area (Å²) >= 11 is 0. The Morgan fingerprint density at radius 1 is 1.07 bits per heavy atom. The Hall–Kier alpha value is -2.97. The van der Waals surface area contributed by atoms with E-state index in [1.165, 1.54) is 19.2 Å². The Labute approximate surface area is 175 Å². The first-order valence-electron chi connectivity index (χ1n) is 9.87. The van der Waals surface area contributed by atoms with Crippen LogP contribution in [-0.4, -0.2) is 68.5 Å². The fraction of sp³-hybridized carbons (Fsp3) is 0.364. The quantitative estimate of drug-likeness (QED) is 0.706. The molecule has 30 heavy (non-hydrogen) atoms. The van der Waals surface area contributed by atoms with E-state index in [1.54, 1.807) is 36.4 Å². The summed E-state index contributed by atoms with van der Waals surface area (Å²) in [4.78, 5) is 29.2. The van der Waals surface area contributed by atoms with E-state index in [0.717, 1.165) is 31.7 Å². The van der Waals surface area contributed by atoms with E-state index in [1.807, 2.05) is 0 Å². The average Bonchev–Trinajstić information content (AvgIpc) is 2.76. The van der Waals surface area contributed by atoms with Crippen LogP contribution < -0.4 is 15.4 Å². The third kappa shape index (κ3) is 5.77. The van der Waals surface area contributed by atoms with Crippen LogP contribution in [0.2, 0.25) is 0 Å². The van der Waals surface area contributed by atoms with Gasteiger partial charge in [0.05, 0.1) is 13.2 Å². The smallest absolute Gasteiger partial charge is 0.313 e. The molecule has 3 rings (SSSR count). The minimum Gasteiger partial charge on any atom is -0.497 e. The Kier molecular flexibility index (Phi) is 7.37. The van der Waals surface area contributed by atoms with E-state index in [9.17, 15) is 14.0 Å². The SMILES string of the molecule is COc1cccc(NC(=O)C(=O)NC[C@H](c2ccc(F)cc2)N2CCN(C)CC2)c1. The Morgan fingerprint density at radius 2 is 1.77 bits per heavy atom. The molecule has 160 valence electrons. The second-order valence-corrected chi connectivity index (χ2v) is 7.30. The van der Waals surface area contributed by atoms with Gasteiger partial charge in [-0.1, -0.05) is 18.2 Å². The summed E-state index contributed by atoms with van der Waals surface area (Å²) < 4.78 is 18.5. The van der Waals surface area contributed by atoms with Gasteiger partial charge < -0.3 is 20.3 Å². The molecule has 2 amide bonds. The number of carbonyl (C=O) groups excluding carboxylic acids is 2. The van der Waals surface area contributed by atoms with Crippen molar-refractivity contribution in [1.82, 2.24) is 15.1 Å². The molecule has 1 aliphatic heterocycles. The number of nitrogens with zero attached hydrogens (tertiary/aromatic N) is 2. The Bertz CT molecular complexity index is 867. The zero-order valence-corrected chi connectivity index (χ0v) is 17.2. The minimum atomic E-state index is -0.750. The zero-order valence-electron chi connectivity index (χ0n) is 17.2. The molecule has 0 bridgehead atoms. The van der Waals surface area contributed by atoms with E-state index < -0.39 is 11.8 Å². The topological polar surface area (TPSA) is 73.9 Å². The van der Waals surface area contributed by atoms with Crippen LogP contribution in [0.3, 0.4) is 0 Å². The number of hydrogen-bond donors (Lipinski definition) is 2. The van der Waals surface area contributed by atoms with Crippen molar-refractivity contribution in [1.29, 1.82) is 0 Å². The molecule has 8 heteroatoms. The number of nitrogens with one attached hydrogen (secondary N) is 2. The lowest BCUT2D eigenvalue weighted by Gasteiger charge is -2.38. The number of likely N-dealkylation sites (N-methyl/N-ethyl adjacent to an activating group) is 1. The van der Waals surface area contributed by atoms with Gasteiger partial charge in [-0.05, 0) is 36.9 Å². The molecule has 2 N–H and O–H groups in total. The second kappa shape index (κ2) is 10.2. The van der Waals surface area contributed by atoms with Crippen LogP contribution in [0.4, 0.5) is 10.1 Å². The molecular weight excluding hydrogens is 387 g/mol. The lowest BCUT2D eigenvalue weighted by atomic mass is 10.0. The standard InChI is InChI=1S/C22H27FN4O3/c1-26-10-12-27(13-11-26)20(16-6-8-17(23)9-7-16)15-24-21(28)22(29)25-18-4-3-5-19(14-18)30-2/h3-9,14,20H,10-13,15H2,1-2H3,(H,24,28)(H,25,29)/t20-/m1/s1. The van der Waals surface area contributed by atoms with Gasteiger partial charge in [0.2, 0.25) is 0 Å². The maximum absolute atomic E-state index is 13.4. The molecule has 1 saturated heterocycles. The van der Waals surface area contributed by atoms with Crippen LogP contribution in [0.1, 0.15) is 11.6 Å². The van der Waals surface area contributed by atoms with Crippen LogP contribution in [0, 0.1) is 5.82 Å². The maximum atomic E-state index is 13.4. The number of anilines is 1. The van der Waals surface area contributed by atoms with Crippen molar-refractivity contribution in [2.75, 3.05) is 52.2 Å². The molecule has 0 radical (unpaired) electrons.